The van der Waals surface area contributed by atoms with Gasteiger partial charge < -0.3 is 19.4 Å². The number of nitrogens with one attached hydrogen (secondary N) is 1. The summed E-state index contributed by atoms with van der Waals surface area (Å²) in [5.74, 6) is 1.33. The van der Waals surface area contributed by atoms with Gasteiger partial charge in [0.05, 0.1) is 11.7 Å². The van der Waals surface area contributed by atoms with Gasteiger partial charge in [-0.1, -0.05) is 18.2 Å². The second kappa shape index (κ2) is 5.11. The van der Waals surface area contributed by atoms with Crippen LogP contribution in [0.3, 0.4) is 0 Å². The van der Waals surface area contributed by atoms with Crippen LogP contribution in [0.5, 0.6) is 11.5 Å². The minimum absolute atomic E-state index is 0.0222. The second-order valence-electron chi connectivity index (χ2n) is 5.98. The molecular weight excluding hydrogens is 307 g/mol. The largest absolute Gasteiger partial charge is 0.454 e. The fourth-order valence-corrected chi connectivity index (χ4v) is 3.50. The van der Waals surface area contributed by atoms with Crippen molar-refractivity contribution in [3.63, 3.8) is 0 Å². The quantitative estimate of drug-likeness (QED) is 0.744. The third-order valence-electron chi connectivity index (χ3n) is 4.61. The number of aromatic nitrogens is 1. The molecular formula is C19H15FN2O2. The number of fused-ring (bicyclic) bond motifs is 5. The molecule has 3 aromatic rings. The van der Waals surface area contributed by atoms with Crippen molar-refractivity contribution in [1.82, 2.24) is 9.88 Å². The van der Waals surface area contributed by atoms with Gasteiger partial charge in [-0.05, 0) is 41.5 Å². The molecule has 1 atom stereocenters. The smallest absolute Gasteiger partial charge is 0.231 e. The summed E-state index contributed by atoms with van der Waals surface area (Å²) >= 11 is 0. The lowest BCUT2D eigenvalue weighted by molar-refractivity contribution is 0.173. The maximum absolute atomic E-state index is 13.3. The van der Waals surface area contributed by atoms with Crippen LogP contribution in [0.15, 0.2) is 54.7 Å². The van der Waals surface area contributed by atoms with Crippen molar-refractivity contribution in [2.24, 2.45) is 0 Å². The van der Waals surface area contributed by atoms with Crippen molar-refractivity contribution in [2.45, 2.75) is 12.6 Å². The van der Waals surface area contributed by atoms with E-state index in [1.807, 2.05) is 30.5 Å². The maximum atomic E-state index is 13.3. The van der Waals surface area contributed by atoms with Crippen molar-refractivity contribution in [3.05, 3.63) is 77.4 Å². The Morgan fingerprint density at radius 3 is 2.79 bits per heavy atom. The van der Waals surface area contributed by atoms with Crippen LogP contribution in [0.1, 0.15) is 22.9 Å². The lowest BCUT2D eigenvalue weighted by Crippen LogP contribution is -2.21. The minimum atomic E-state index is -0.227. The first-order chi connectivity index (χ1) is 11.8. The Bertz CT molecular complexity index is 918. The van der Waals surface area contributed by atoms with Gasteiger partial charge in [-0.15, -0.1) is 0 Å². The van der Waals surface area contributed by atoms with Gasteiger partial charge in [0, 0.05) is 18.4 Å². The molecule has 0 saturated heterocycles. The lowest BCUT2D eigenvalue weighted by atomic mass is 10.0. The summed E-state index contributed by atoms with van der Waals surface area (Å²) in [6.07, 6.45) is 2.03. The van der Waals surface area contributed by atoms with Gasteiger partial charge in [-0.3, -0.25) is 0 Å². The predicted octanol–water partition coefficient (Wildman–Crippen LogP) is 3.54. The van der Waals surface area contributed by atoms with Crippen molar-refractivity contribution >= 4 is 0 Å². The Morgan fingerprint density at radius 2 is 1.92 bits per heavy atom. The van der Waals surface area contributed by atoms with E-state index in [0.29, 0.717) is 6.54 Å². The monoisotopic (exact) mass is 322 g/mol. The average molecular weight is 322 g/mol. The number of hydrogen-bond acceptors (Lipinski definition) is 3. The molecule has 0 radical (unpaired) electrons. The Kier molecular flexibility index (Phi) is 2.90. The third kappa shape index (κ3) is 1.95. The summed E-state index contributed by atoms with van der Waals surface area (Å²) in [7, 11) is 0. The molecule has 0 spiro atoms. The molecule has 120 valence electrons. The number of ether oxygens (including phenoxy) is 2. The van der Waals surface area contributed by atoms with Gasteiger partial charge >= 0.3 is 0 Å². The average Bonchev–Trinajstić information content (AvgIpc) is 3.23. The van der Waals surface area contributed by atoms with Crippen LogP contribution >= 0.6 is 0 Å². The van der Waals surface area contributed by atoms with E-state index in [2.05, 4.69) is 22.0 Å². The minimum Gasteiger partial charge on any atom is -0.454 e. The van der Waals surface area contributed by atoms with Gasteiger partial charge in [0.25, 0.3) is 0 Å². The molecule has 0 fully saturated rings. The van der Waals surface area contributed by atoms with Crippen molar-refractivity contribution < 1.29 is 13.9 Å². The number of hydrogen-bond donors (Lipinski definition) is 1. The van der Waals surface area contributed by atoms with Gasteiger partial charge in [0.15, 0.2) is 11.5 Å². The zero-order chi connectivity index (χ0) is 16.1. The van der Waals surface area contributed by atoms with Crippen molar-refractivity contribution in [2.75, 3.05) is 6.79 Å². The van der Waals surface area contributed by atoms with Gasteiger partial charge in [0.2, 0.25) is 6.79 Å². The Morgan fingerprint density at radius 1 is 1.04 bits per heavy atom. The van der Waals surface area contributed by atoms with Crippen LogP contribution in [0.4, 0.5) is 4.39 Å². The molecule has 5 rings (SSSR count). The molecule has 0 saturated carbocycles. The lowest BCUT2D eigenvalue weighted by Gasteiger charge is -2.18. The molecule has 0 amide bonds. The molecule has 0 bridgehead atoms. The van der Waals surface area contributed by atoms with E-state index in [4.69, 9.17) is 9.47 Å². The summed E-state index contributed by atoms with van der Waals surface area (Å²) in [6, 6.07) is 14.7. The topological polar surface area (TPSA) is 35.4 Å². The van der Waals surface area contributed by atoms with E-state index in [0.717, 1.165) is 34.0 Å². The number of rotatable bonds is 1. The Balaban J connectivity index is 1.69. The molecule has 5 heteroatoms. The molecule has 2 aliphatic heterocycles. The van der Waals surface area contributed by atoms with E-state index in [9.17, 15) is 4.39 Å². The zero-order valence-corrected chi connectivity index (χ0v) is 12.8. The molecule has 24 heavy (non-hydrogen) atoms. The van der Waals surface area contributed by atoms with Gasteiger partial charge in [-0.25, -0.2) is 4.39 Å². The molecule has 3 heterocycles. The highest BCUT2D eigenvalue weighted by Gasteiger charge is 2.28. The number of halogens is 1. The predicted molar refractivity (Wildman–Crippen MR) is 87.0 cm³/mol. The zero-order valence-electron chi connectivity index (χ0n) is 12.8. The highest BCUT2D eigenvalue weighted by Crippen LogP contribution is 2.43. The summed E-state index contributed by atoms with van der Waals surface area (Å²) in [5.41, 5.74) is 4.27. The molecule has 2 aromatic carbocycles. The summed E-state index contributed by atoms with van der Waals surface area (Å²) in [6.45, 7) is 0.937. The number of nitrogens with zero attached hydrogens (tertiary/aromatic N) is 1. The van der Waals surface area contributed by atoms with E-state index in [-0.39, 0.29) is 18.7 Å². The van der Waals surface area contributed by atoms with Crippen LogP contribution in [0, 0.1) is 5.82 Å². The van der Waals surface area contributed by atoms with Crippen LogP contribution < -0.4 is 14.8 Å². The summed E-state index contributed by atoms with van der Waals surface area (Å²) < 4.78 is 26.7. The SMILES string of the molecule is Fc1ccc(C2NCc3ccc4c(c3-n3cccc32)OCO4)cc1. The first-order valence-corrected chi connectivity index (χ1v) is 7.89. The van der Waals surface area contributed by atoms with E-state index in [1.54, 1.807) is 0 Å². The Labute approximate surface area is 138 Å². The van der Waals surface area contributed by atoms with E-state index >= 15 is 0 Å². The van der Waals surface area contributed by atoms with Crippen molar-refractivity contribution in [1.29, 1.82) is 0 Å². The number of benzene rings is 2. The molecule has 2 aliphatic rings. The molecule has 1 aromatic heterocycles. The van der Waals surface area contributed by atoms with Crippen LogP contribution in [-0.4, -0.2) is 11.4 Å². The third-order valence-corrected chi connectivity index (χ3v) is 4.61. The Hall–Kier alpha value is -2.79. The maximum Gasteiger partial charge on any atom is 0.231 e. The normalized spacial score (nSPS) is 18.0. The highest BCUT2D eigenvalue weighted by atomic mass is 19.1. The molecule has 0 aliphatic carbocycles. The summed E-state index contributed by atoms with van der Waals surface area (Å²) in [4.78, 5) is 0. The molecule has 1 unspecified atom stereocenters. The van der Waals surface area contributed by atoms with E-state index in [1.165, 1.54) is 12.1 Å². The van der Waals surface area contributed by atoms with Gasteiger partial charge in [0.1, 0.15) is 5.82 Å². The summed E-state index contributed by atoms with van der Waals surface area (Å²) in [5, 5.41) is 3.57. The first kappa shape index (κ1) is 13.6. The highest BCUT2D eigenvalue weighted by molar-refractivity contribution is 5.63. The van der Waals surface area contributed by atoms with Gasteiger partial charge in [-0.2, -0.15) is 0 Å². The van der Waals surface area contributed by atoms with Crippen LogP contribution in [-0.2, 0) is 6.54 Å². The fourth-order valence-electron chi connectivity index (χ4n) is 3.50. The fraction of sp³-hybridized carbons (Fsp3) is 0.158. The van der Waals surface area contributed by atoms with E-state index < -0.39 is 0 Å². The van der Waals surface area contributed by atoms with Crippen molar-refractivity contribution in [3.8, 4) is 17.2 Å². The van der Waals surface area contributed by atoms with Crippen LogP contribution in [0.25, 0.3) is 5.69 Å². The first-order valence-electron chi connectivity index (χ1n) is 7.89. The molecule has 4 nitrogen and oxygen atoms in total. The van der Waals surface area contributed by atoms with Crippen LogP contribution in [0.2, 0.25) is 0 Å². The standard InChI is InChI=1S/C19H15FN2O2/c20-14-6-3-12(4-7-14)17-15-2-1-9-22(15)18-13(10-21-17)5-8-16-19(18)24-11-23-16/h1-9,17,21H,10-11H2. The molecule has 1 N–H and O–H groups in total. The second-order valence-corrected chi connectivity index (χ2v) is 5.98.